The highest BCUT2D eigenvalue weighted by molar-refractivity contribution is 7.10. The zero-order chi connectivity index (χ0) is 22.8. The molecule has 3 aromatic rings. The Bertz CT molecular complexity index is 1090. The number of nitrogens with one attached hydrogen (secondary N) is 2. The number of hydrogen-bond acceptors (Lipinski definition) is 7. The minimum Gasteiger partial charge on any atom is -0.390 e. The van der Waals surface area contributed by atoms with Crippen LogP contribution in [0.15, 0.2) is 30.0 Å². The lowest BCUT2D eigenvalue weighted by atomic mass is 10.0. The normalized spacial score (nSPS) is 24.0. The first kappa shape index (κ1) is 23.0. The van der Waals surface area contributed by atoms with Gasteiger partial charge in [0.1, 0.15) is 11.6 Å². The molecule has 0 radical (unpaired) electrons. The molecule has 10 heteroatoms. The summed E-state index contributed by atoms with van der Waals surface area (Å²) in [6, 6.07) is 3.48. The topological polar surface area (TPSA) is 112 Å². The van der Waals surface area contributed by atoms with Crippen molar-refractivity contribution in [3.8, 4) is 0 Å². The number of thiophene rings is 1. The summed E-state index contributed by atoms with van der Waals surface area (Å²) in [5.41, 5.74) is 2.14. The second-order valence-electron chi connectivity index (χ2n) is 8.11. The third-order valence-electron chi connectivity index (χ3n) is 6.13. The summed E-state index contributed by atoms with van der Waals surface area (Å²) in [4.78, 5) is 22.5. The smallest absolute Gasteiger partial charge is 0.225 e. The van der Waals surface area contributed by atoms with Crippen LogP contribution < -0.4 is 10.6 Å². The largest absolute Gasteiger partial charge is 0.390 e. The average molecular weight is 478 g/mol. The molecule has 0 bridgehead atoms. The van der Waals surface area contributed by atoms with Gasteiger partial charge in [0.25, 0.3) is 0 Å². The highest BCUT2D eigenvalue weighted by atomic mass is 35.5. The Labute approximate surface area is 195 Å². The molecule has 4 rings (SSSR count). The van der Waals surface area contributed by atoms with E-state index in [1.54, 1.807) is 28.4 Å². The van der Waals surface area contributed by atoms with Gasteiger partial charge in [0, 0.05) is 30.1 Å². The molecule has 0 spiro atoms. The van der Waals surface area contributed by atoms with Crippen molar-refractivity contribution in [2.45, 2.75) is 57.4 Å². The predicted molar refractivity (Wildman–Crippen MR) is 126 cm³/mol. The van der Waals surface area contributed by atoms with Gasteiger partial charge in [0.2, 0.25) is 5.91 Å². The van der Waals surface area contributed by atoms with Crippen LogP contribution in [0.4, 0.5) is 5.69 Å². The summed E-state index contributed by atoms with van der Waals surface area (Å²) >= 11 is 7.92. The number of rotatable bonds is 8. The first-order valence-electron chi connectivity index (χ1n) is 10.9. The molecule has 0 aromatic carbocycles. The average Bonchev–Trinajstić information content (AvgIpc) is 3.47. The Balaban J connectivity index is 1.58. The Morgan fingerprint density at radius 3 is 2.81 bits per heavy atom. The van der Waals surface area contributed by atoms with Crippen molar-refractivity contribution >= 4 is 45.7 Å². The number of halogens is 1. The Hall–Kier alpha value is -2.20. The van der Waals surface area contributed by atoms with Crippen LogP contribution in [0, 0.1) is 5.92 Å². The minimum atomic E-state index is -1.13. The number of aliphatic hydroxyl groups is 2. The summed E-state index contributed by atoms with van der Waals surface area (Å²) in [5, 5.41) is 30.2. The van der Waals surface area contributed by atoms with E-state index in [4.69, 9.17) is 11.6 Å². The number of imidazole rings is 1. The third kappa shape index (κ3) is 4.34. The number of nitrogens with zero attached hydrogens (tertiary/aromatic N) is 3. The number of anilines is 1. The quantitative estimate of drug-likeness (QED) is 0.397. The van der Waals surface area contributed by atoms with E-state index in [2.05, 4.69) is 27.5 Å². The van der Waals surface area contributed by atoms with Crippen molar-refractivity contribution in [2.24, 2.45) is 5.92 Å². The van der Waals surface area contributed by atoms with Crippen LogP contribution in [0.3, 0.4) is 0 Å². The molecule has 8 nitrogen and oxygen atoms in total. The van der Waals surface area contributed by atoms with Crippen LogP contribution in [0.2, 0.25) is 5.02 Å². The van der Waals surface area contributed by atoms with Crippen molar-refractivity contribution in [3.05, 3.63) is 39.9 Å². The standard InChI is InChI=1S/C22H28ClN5O3S/c1-3-12(9-17-14(23)6-8-32-17)27-15-5-7-25-21-18(15)26-11-28(21)16-10-13(19(29)20(16)30)22(31)24-4-2/h5-8,11-13,16,19-20,29-30H,3-4,9-10H2,1-2H3,(H,24,31)(H,25,27)/t12?,13-,16+,19+,20-/m1/s1. The van der Waals surface area contributed by atoms with Gasteiger partial charge in [-0.15, -0.1) is 11.3 Å². The van der Waals surface area contributed by atoms with E-state index in [0.717, 1.165) is 28.4 Å². The Morgan fingerprint density at radius 1 is 1.31 bits per heavy atom. The SMILES string of the molecule is CCNC(=O)[C@@H]1C[C@H](n2cnc3c(NC(CC)Cc4sccc4Cl)ccnc32)[C@@H](O)[C@H]1O. The van der Waals surface area contributed by atoms with E-state index in [-0.39, 0.29) is 11.9 Å². The first-order valence-corrected chi connectivity index (χ1v) is 12.1. The van der Waals surface area contributed by atoms with E-state index < -0.39 is 24.2 Å². The van der Waals surface area contributed by atoms with Crippen LogP contribution in [-0.4, -0.2) is 55.4 Å². The lowest BCUT2D eigenvalue weighted by Gasteiger charge is -2.19. The second kappa shape index (κ2) is 9.74. The monoisotopic (exact) mass is 477 g/mol. The molecule has 32 heavy (non-hydrogen) atoms. The Morgan fingerprint density at radius 2 is 2.12 bits per heavy atom. The molecule has 4 N–H and O–H groups in total. The molecule has 1 amide bonds. The van der Waals surface area contributed by atoms with Crippen molar-refractivity contribution < 1.29 is 15.0 Å². The van der Waals surface area contributed by atoms with Crippen molar-refractivity contribution in [1.29, 1.82) is 0 Å². The van der Waals surface area contributed by atoms with Crippen molar-refractivity contribution in [3.63, 3.8) is 0 Å². The number of pyridine rings is 1. The number of hydrogen-bond donors (Lipinski definition) is 4. The number of aromatic nitrogens is 3. The molecule has 3 heterocycles. The number of fused-ring (bicyclic) bond motifs is 1. The molecule has 1 fully saturated rings. The number of carbonyl (C=O) groups is 1. The highest BCUT2D eigenvalue weighted by Crippen LogP contribution is 2.37. The van der Waals surface area contributed by atoms with Gasteiger partial charge in [-0.2, -0.15) is 0 Å². The van der Waals surface area contributed by atoms with E-state index in [9.17, 15) is 15.0 Å². The van der Waals surface area contributed by atoms with Gasteiger partial charge < -0.3 is 25.4 Å². The molecule has 1 unspecified atom stereocenters. The van der Waals surface area contributed by atoms with Gasteiger partial charge in [0.05, 0.1) is 35.1 Å². The molecule has 172 valence electrons. The highest BCUT2D eigenvalue weighted by Gasteiger charge is 2.46. The maximum atomic E-state index is 12.3. The summed E-state index contributed by atoms with van der Waals surface area (Å²) in [5.74, 6) is -0.923. The van der Waals surface area contributed by atoms with Gasteiger partial charge in [-0.05, 0) is 37.3 Å². The summed E-state index contributed by atoms with van der Waals surface area (Å²) < 4.78 is 1.77. The Kier molecular flexibility index (Phi) is 6.99. The molecule has 0 aliphatic heterocycles. The molecule has 1 saturated carbocycles. The van der Waals surface area contributed by atoms with Gasteiger partial charge in [-0.25, -0.2) is 9.97 Å². The fourth-order valence-electron chi connectivity index (χ4n) is 4.36. The number of carbonyl (C=O) groups excluding carboxylic acids is 1. The van der Waals surface area contributed by atoms with Crippen LogP contribution in [-0.2, 0) is 11.2 Å². The van der Waals surface area contributed by atoms with Crippen molar-refractivity contribution in [2.75, 3.05) is 11.9 Å². The lowest BCUT2D eigenvalue weighted by molar-refractivity contribution is -0.128. The van der Waals surface area contributed by atoms with E-state index in [0.29, 0.717) is 24.1 Å². The maximum absolute atomic E-state index is 12.3. The molecule has 1 aliphatic carbocycles. The first-order chi connectivity index (χ1) is 15.4. The third-order valence-corrected chi connectivity index (χ3v) is 7.54. The zero-order valence-corrected chi connectivity index (χ0v) is 19.6. The van der Waals surface area contributed by atoms with Gasteiger partial charge in [-0.3, -0.25) is 4.79 Å². The minimum absolute atomic E-state index is 0.169. The number of amides is 1. The fourth-order valence-corrected chi connectivity index (χ4v) is 5.55. The van der Waals surface area contributed by atoms with E-state index in [1.165, 1.54) is 0 Å². The maximum Gasteiger partial charge on any atom is 0.225 e. The van der Waals surface area contributed by atoms with Gasteiger partial charge in [0.15, 0.2) is 5.65 Å². The van der Waals surface area contributed by atoms with E-state index >= 15 is 0 Å². The van der Waals surface area contributed by atoms with Gasteiger partial charge in [-0.1, -0.05) is 18.5 Å². The van der Waals surface area contributed by atoms with Gasteiger partial charge >= 0.3 is 0 Å². The van der Waals surface area contributed by atoms with Crippen LogP contribution in [0.1, 0.15) is 37.6 Å². The van der Waals surface area contributed by atoms with Crippen LogP contribution in [0.25, 0.3) is 11.2 Å². The van der Waals surface area contributed by atoms with Crippen LogP contribution in [0.5, 0.6) is 0 Å². The van der Waals surface area contributed by atoms with Crippen LogP contribution >= 0.6 is 22.9 Å². The predicted octanol–water partition coefficient (Wildman–Crippen LogP) is 3.00. The summed E-state index contributed by atoms with van der Waals surface area (Å²) in [6.07, 6.45) is 3.13. The van der Waals surface area contributed by atoms with E-state index in [1.807, 2.05) is 24.4 Å². The number of aliphatic hydroxyl groups excluding tert-OH is 2. The molecule has 0 saturated heterocycles. The molecule has 5 atom stereocenters. The summed E-state index contributed by atoms with van der Waals surface area (Å²) in [7, 11) is 0. The molecule has 1 aliphatic rings. The summed E-state index contributed by atoms with van der Waals surface area (Å²) in [6.45, 7) is 4.42. The molecular weight excluding hydrogens is 450 g/mol. The molecular formula is C22H28ClN5O3S. The zero-order valence-electron chi connectivity index (χ0n) is 18.0. The second-order valence-corrected chi connectivity index (χ2v) is 9.52. The lowest BCUT2D eigenvalue weighted by Crippen LogP contribution is -2.38. The van der Waals surface area contributed by atoms with Crippen molar-refractivity contribution in [1.82, 2.24) is 19.9 Å². The molecule has 3 aromatic heterocycles. The fraction of sp³-hybridized carbons (Fsp3) is 0.500.